The van der Waals surface area contributed by atoms with Crippen molar-refractivity contribution in [3.05, 3.63) is 58.1 Å². The van der Waals surface area contributed by atoms with Crippen LogP contribution in [0.15, 0.2) is 35.3 Å². The fourth-order valence-corrected chi connectivity index (χ4v) is 3.79. The summed E-state index contributed by atoms with van der Waals surface area (Å²) in [5.41, 5.74) is 7.47. The summed E-state index contributed by atoms with van der Waals surface area (Å²) in [6.45, 7) is 8.90. The van der Waals surface area contributed by atoms with Crippen LogP contribution in [0.3, 0.4) is 0 Å². The first-order valence-electron chi connectivity index (χ1n) is 8.85. The predicted molar refractivity (Wildman–Crippen MR) is 101 cm³/mol. The van der Waals surface area contributed by atoms with Crippen LogP contribution in [0.1, 0.15) is 52.9 Å². The molecule has 0 saturated carbocycles. The van der Waals surface area contributed by atoms with Crippen LogP contribution in [0.2, 0.25) is 0 Å². The number of Topliss-reactive ketones (excluding diaryl/α,β-unsaturated/α-hetero) is 1. The highest BCUT2D eigenvalue weighted by atomic mass is 16.5. The molecule has 1 aliphatic heterocycles. The Morgan fingerprint density at radius 3 is 2.56 bits per heavy atom. The number of benzene rings is 2. The first-order valence-corrected chi connectivity index (χ1v) is 8.85. The highest BCUT2D eigenvalue weighted by Crippen LogP contribution is 2.34. The normalized spacial score (nSPS) is 18.1. The fraction of sp³-hybridized carbons (Fsp3) is 0.364. The number of hydrogen-bond donors (Lipinski definition) is 0. The van der Waals surface area contributed by atoms with Crippen LogP contribution in [0.25, 0.3) is 11.1 Å². The van der Waals surface area contributed by atoms with Gasteiger partial charge in [0, 0.05) is 17.5 Å². The molecule has 1 aliphatic carbocycles. The van der Waals surface area contributed by atoms with E-state index in [4.69, 9.17) is 9.73 Å². The fourth-order valence-electron chi connectivity index (χ4n) is 3.79. The Balaban J connectivity index is 1.88. The Bertz CT molecular complexity index is 922. The van der Waals surface area contributed by atoms with E-state index in [1.54, 1.807) is 0 Å². The summed E-state index contributed by atoms with van der Waals surface area (Å²) in [5, 5.41) is 0. The van der Waals surface area contributed by atoms with Crippen LogP contribution in [-0.4, -0.2) is 23.8 Å². The maximum absolute atomic E-state index is 12.1. The molecule has 0 atom stereocenters. The van der Waals surface area contributed by atoms with Gasteiger partial charge in [0.25, 0.3) is 0 Å². The van der Waals surface area contributed by atoms with Crippen molar-refractivity contribution in [3.8, 4) is 11.1 Å². The molecule has 1 heterocycles. The Morgan fingerprint density at radius 2 is 1.84 bits per heavy atom. The van der Waals surface area contributed by atoms with Crippen LogP contribution in [0, 0.1) is 13.8 Å². The quantitative estimate of drug-likeness (QED) is 0.802. The summed E-state index contributed by atoms with van der Waals surface area (Å²) in [7, 11) is 0. The third kappa shape index (κ3) is 2.78. The first kappa shape index (κ1) is 16.1. The van der Waals surface area contributed by atoms with Crippen LogP contribution in [0.4, 0.5) is 0 Å². The minimum Gasteiger partial charge on any atom is -0.475 e. The maximum Gasteiger partial charge on any atom is 0.217 e. The summed E-state index contributed by atoms with van der Waals surface area (Å²) < 4.78 is 5.89. The number of fused-ring (bicyclic) bond motifs is 1. The standard InChI is InChI=1S/C22H23NO2/c1-13-5-7-17(21-23-22(3,4)12-25-21)18(9-13)16-10-14(2)20-15(11-16)6-8-19(20)24/h5,7,9-11H,6,8,12H2,1-4H3. The summed E-state index contributed by atoms with van der Waals surface area (Å²) in [5.74, 6) is 0.989. The largest absolute Gasteiger partial charge is 0.475 e. The predicted octanol–water partition coefficient (Wildman–Crippen LogP) is 4.65. The van der Waals surface area contributed by atoms with Crippen molar-refractivity contribution < 1.29 is 9.53 Å². The Hall–Kier alpha value is -2.42. The third-order valence-corrected chi connectivity index (χ3v) is 5.00. The molecule has 0 aromatic heterocycles. The van der Waals surface area contributed by atoms with Gasteiger partial charge < -0.3 is 4.74 Å². The van der Waals surface area contributed by atoms with Crippen LogP contribution < -0.4 is 0 Å². The molecule has 128 valence electrons. The molecule has 0 saturated heterocycles. The van der Waals surface area contributed by atoms with Crippen LogP contribution in [0.5, 0.6) is 0 Å². The average Bonchev–Trinajstić information content (AvgIpc) is 3.10. The van der Waals surface area contributed by atoms with Crippen molar-refractivity contribution >= 4 is 11.7 Å². The van der Waals surface area contributed by atoms with Gasteiger partial charge in [-0.1, -0.05) is 29.8 Å². The second-order valence-corrected chi connectivity index (χ2v) is 7.82. The van der Waals surface area contributed by atoms with Gasteiger partial charge in [-0.2, -0.15) is 0 Å². The van der Waals surface area contributed by atoms with Crippen molar-refractivity contribution in [2.24, 2.45) is 4.99 Å². The molecular formula is C22H23NO2. The molecule has 3 heteroatoms. The van der Waals surface area contributed by atoms with Gasteiger partial charge in [-0.15, -0.1) is 0 Å². The molecule has 25 heavy (non-hydrogen) atoms. The van der Waals surface area contributed by atoms with Gasteiger partial charge >= 0.3 is 0 Å². The summed E-state index contributed by atoms with van der Waals surface area (Å²) in [6, 6.07) is 10.7. The average molecular weight is 333 g/mol. The van der Waals surface area contributed by atoms with Crippen molar-refractivity contribution in [2.45, 2.75) is 46.1 Å². The maximum atomic E-state index is 12.1. The van der Waals surface area contributed by atoms with Crippen molar-refractivity contribution in [2.75, 3.05) is 6.61 Å². The highest BCUT2D eigenvalue weighted by Gasteiger charge is 2.29. The number of ether oxygens (including phenoxy) is 1. The molecule has 2 aliphatic rings. The van der Waals surface area contributed by atoms with E-state index in [1.807, 2.05) is 6.92 Å². The van der Waals surface area contributed by atoms with Crippen molar-refractivity contribution in [1.29, 1.82) is 0 Å². The third-order valence-electron chi connectivity index (χ3n) is 5.00. The van der Waals surface area contributed by atoms with Crippen LogP contribution in [-0.2, 0) is 11.2 Å². The SMILES string of the molecule is Cc1ccc(C2=NC(C)(C)CO2)c(-c2cc(C)c3c(c2)CCC3=O)c1. The second kappa shape index (κ2) is 5.55. The smallest absolute Gasteiger partial charge is 0.217 e. The number of aryl methyl sites for hydroxylation is 3. The van der Waals surface area contributed by atoms with E-state index in [-0.39, 0.29) is 11.3 Å². The molecule has 0 radical (unpaired) electrons. The summed E-state index contributed by atoms with van der Waals surface area (Å²) in [4.78, 5) is 16.9. The number of hydrogen-bond acceptors (Lipinski definition) is 3. The number of carbonyl (C=O) groups excluding carboxylic acids is 1. The van der Waals surface area contributed by atoms with E-state index < -0.39 is 0 Å². The molecule has 0 bridgehead atoms. The number of carbonyl (C=O) groups is 1. The highest BCUT2D eigenvalue weighted by molar-refractivity contribution is 6.04. The van der Waals surface area contributed by atoms with Gasteiger partial charge in [0.2, 0.25) is 5.90 Å². The first-order chi connectivity index (χ1) is 11.8. The number of rotatable bonds is 2. The molecule has 3 nitrogen and oxygen atoms in total. The van der Waals surface area contributed by atoms with Crippen molar-refractivity contribution in [3.63, 3.8) is 0 Å². The number of ketones is 1. The van der Waals surface area contributed by atoms with E-state index in [0.717, 1.165) is 34.2 Å². The van der Waals surface area contributed by atoms with Gasteiger partial charge in [0.15, 0.2) is 5.78 Å². The monoisotopic (exact) mass is 333 g/mol. The zero-order valence-electron chi connectivity index (χ0n) is 15.3. The van der Waals surface area contributed by atoms with Crippen molar-refractivity contribution in [1.82, 2.24) is 0 Å². The molecule has 0 fully saturated rings. The zero-order chi connectivity index (χ0) is 17.8. The Kier molecular flexibility index (Phi) is 3.57. The Labute approximate surface area is 148 Å². The lowest BCUT2D eigenvalue weighted by Crippen LogP contribution is -2.17. The van der Waals surface area contributed by atoms with E-state index >= 15 is 0 Å². The molecule has 4 rings (SSSR count). The lowest BCUT2D eigenvalue weighted by atomic mass is 9.92. The van der Waals surface area contributed by atoms with Gasteiger partial charge in [0.05, 0.1) is 5.54 Å². The molecule has 2 aromatic carbocycles. The van der Waals surface area contributed by atoms with Gasteiger partial charge in [-0.3, -0.25) is 4.79 Å². The van der Waals surface area contributed by atoms with Gasteiger partial charge in [0.1, 0.15) is 6.61 Å². The van der Waals surface area contributed by atoms with E-state index in [2.05, 4.69) is 51.1 Å². The lowest BCUT2D eigenvalue weighted by Gasteiger charge is -2.13. The molecule has 0 unspecified atom stereocenters. The van der Waals surface area contributed by atoms with Gasteiger partial charge in [-0.25, -0.2) is 4.99 Å². The van der Waals surface area contributed by atoms with E-state index in [1.165, 1.54) is 11.1 Å². The van der Waals surface area contributed by atoms with E-state index in [9.17, 15) is 4.79 Å². The lowest BCUT2D eigenvalue weighted by molar-refractivity contribution is 0.0994. The molecular weight excluding hydrogens is 310 g/mol. The molecule has 0 amide bonds. The molecule has 0 spiro atoms. The number of aliphatic imine (C=N–C) groups is 1. The topological polar surface area (TPSA) is 38.7 Å². The summed E-state index contributed by atoms with van der Waals surface area (Å²) >= 11 is 0. The number of nitrogens with zero attached hydrogens (tertiary/aromatic N) is 1. The summed E-state index contributed by atoms with van der Waals surface area (Å²) in [6.07, 6.45) is 1.47. The zero-order valence-corrected chi connectivity index (χ0v) is 15.3. The minimum atomic E-state index is -0.183. The van der Waals surface area contributed by atoms with E-state index in [0.29, 0.717) is 18.9 Å². The minimum absolute atomic E-state index is 0.183. The van der Waals surface area contributed by atoms with Gasteiger partial charge in [-0.05, 0) is 62.4 Å². The van der Waals surface area contributed by atoms with Crippen LogP contribution >= 0.6 is 0 Å². The molecule has 0 N–H and O–H groups in total. The molecule has 2 aromatic rings. The Morgan fingerprint density at radius 1 is 1.04 bits per heavy atom. The second-order valence-electron chi connectivity index (χ2n) is 7.82.